The minimum Gasteiger partial charge on any atom is -0.497 e. The maximum atomic E-state index is 11.8. The Labute approximate surface area is 177 Å². The Morgan fingerprint density at radius 3 is 2.58 bits per heavy atom. The summed E-state index contributed by atoms with van der Waals surface area (Å²) in [5, 5.41) is 6.33. The standard InChI is InChI=1S/C18H28N4O2S.HI/c1-5-11-25-12-10-19-18(21-14-17(23)22(2)3)20-13-15-6-8-16(24-4)9-7-15;/h5-9H,1,10-14H2,2-4H3,(H2,19,20,21);1H. The second-order valence-corrected chi connectivity index (χ2v) is 6.59. The van der Waals surface area contributed by atoms with E-state index in [0.29, 0.717) is 12.5 Å². The maximum Gasteiger partial charge on any atom is 0.241 e. The minimum atomic E-state index is -0.0000187. The normalized spacial score (nSPS) is 10.5. The number of ether oxygens (including phenoxy) is 1. The van der Waals surface area contributed by atoms with Gasteiger partial charge in [-0.2, -0.15) is 11.8 Å². The molecule has 1 amide bonds. The maximum absolute atomic E-state index is 11.8. The molecule has 0 saturated carbocycles. The van der Waals surface area contributed by atoms with Gasteiger partial charge < -0.3 is 20.3 Å². The molecule has 0 atom stereocenters. The number of guanidine groups is 1. The quantitative estimate of drug-likeness (QED) is 0.173. The molecule has 26 heavy (non-hydrogen) atoms. The Bertz CT molecular complexity index is 565. The van der Waals surface area contributed by atoms with Crippen LogP contribution in [0.4, 0.5) is 0 Å². The van der Waals surface area contributed by atoms with E-state index >= 15 is 0 Å². The van der Waals surface area contributed by atoms with Crippen LogP contribution in [0.3, 0.4) is 0 Å². The van der Waals surface area contributed by atoms with Crippen molar-refractivity contribution in [3.8, 4) is 5.75 Å². The predicted molar refractivity (Wildman–Crippen MR) is 122 cm³/mol. The number of hydrogen-bond donors (Lipinski definition) is 2. The van der Waals surface area contributed by atoms with Gasteiger partial charge in [-0.3, -0.25) is 4.79 Å². The van der Waals surface area contributed by atoms with Crippen LogP contribution in [-0.4, -0.2) is 62.6 Å². The molecule has 1 aromatic carbocycles. The number of amides is 1. The van der Waals surface area contributed by atoms with Crippen molar-refractivity contribution in [1.29, 1.82) is 0 Å². The molecular weight excluding hydrogens is 463 g/mol. The van der Waals surface area contributed by atoms with Gasteiger partial charge in [-0.15, -0.1) is 30.6 Å². The van der Waals surface area contributed by atoms with Gasteiger partial charge in [0.15, 0.2) is 5.96 Å². The first-order valence-corrected chi connectivity index (χ1v) is 9.26. The summed E-state index contributed by atoms with van der Waals surface area (Å²) in [6.45, 7) is 5.21. The van der Waals surface area contributed by atoms with Crippen molar-refractivity contribution in [3.63, 3.8) is 0 Å². The van der Waals surface area contributed by atoms with Gasteiger partial charge >= 0.3 is 0 Å². The number of rotatable bonds is 10. The van der Waals surface area contributed by atoms with Gasteiger partial charge in [0.05, 0.1) is 20.2 Å². The number of nitrogens with one attached hydrogen (secondary N) is 2. The van der Waals surface area contributed by atoms with E-state index in [-0.39, 0.29) is 36.4 Å². The summed E-state index contributed by atoms with van der Waals surface area (Å²) in [6, 6.07) is 7.77. The smallest absolute Gasteiger partial charge is 0.241 e. The van der Waals surface area contributed by atoms with E-state index in [0.717, 1.165) is 29.4 Å². The summed E-state index contributed by atoms with van der Waals surface area (Å²) in [5.74, 6) is 3.31. The van der Waals surface area contributed by atoms with Gasteiger partial charge in [0, 0.05) is 32.1 Å². The summed E-state index contributed by atoms with van der Waals surface area (Å²) in [7, 11) is 5.11. The van der Waals surface area contributed by atoms with Crippen LogP contribution in [0.1, 0.15) is 5.56 Å². The molecule has 2 N–H and O–H groups in total. The van der Waals surface area contributed by atoms with E-state index in [4.69, 9.17) is 4.74 Å². The SMILES string of the molecule is C=CCSCCNC(=NCc1ccc(OC)cc1)NCC(=O)N(C)C.I. The van der Waals surface area contributed by atoms with Crippen LogP contribution in [-0.2, 0) is 11.3 Å². The highest BCUT2D eigenvalue weighted by atomic mass is 127. The van der Waals surface area contributed by atoms with Crippen molar-refractivity contribution in [3.05, 3.63) is 42.5 Å². The van der Waals surface area contributed by atoms with Crippen molar-refractivity contribution in [2.45, 2.75) is 6.54 Å². The molecule has 8 heteroatoms. The van der Waals surface area contributed by atoms with Crippen molar-refractivity contribution >= 4 is 47.6 Å². The molecule has 146 valence electrons. The monoisotopic (exact) mass is 492 g/mol. The third-order valence-corrected chi connectivity index (χ3v) is 4.22. The number of methoxy groups -OCH3 is 1. The van der Waals surface area contributed by atoms with Crippen LogP contribution in [0, 0.1) is 0 Å². The number of carbonyl (C=O) groups is 1. The molecule has 0 unspecified atom stereocenters. The first-order valence-electron chi connectivity index (χ1n) is 8.10. The van der Waals surface area contributed by atoms with Crippen molar-refractivity contribution in [1.82, 2.24) is 15.5 Å². The molecule has 0 radical (unpaired) electrons. The first kappa shape index (κ1) is 24.6. The molecule has 0 aliphatic rings. The fourth-order valence-corrected chi connectivity index (χ4v) is 2.38. The number of halogens is 1. The zero-order valence-electron chi connectivity index (χ0n) is 15.7. The third kappa shape index (κ3) is 10.5. The van der Waals surface area contributed by atoms with E-state index in [2.05, 4.69) is 22.2 Å². The van der Waals surface area contributed by atoms with Crippen molar-refractivity contribution in [2.24, 2.45) is 4.99 Å². The summed E-state index contributed by atoms with van der Waals surface area (Å²) < 4.78 is 5.16. The van der Waals surface area contributed by atoms with Crippen LogP contribution in [0.25, 0.3) is 0 Å². The molecule has 0 saturated heterocycles. The second-order valence-electron chi connectivity index (χ2n) is 5.44. The lowest BCUT2D eigenvalue weighted by Gasteiger charge is -2.15. The molecule has 0 aromatic heterocycles. The van der Waals surface area contributed by atoms with Gasteiger partial charge in [0.1, 0.15) is 5.75 Å². The Morgan fingerprint density at radius 1 is 1.31 bits per heavy atom. The van der Waals surface area contributed by atoms with Crippen LogP contribution in [0.15, 0.2) is 41.9 Å². The van der Waals surface area contributed by atoms with Crippen LogP contribution in [0.2, 0.25) is 0 Å². The van der Waals surface area contributed by atoms with Crippen LogP contribution in [0.5, 0.6) is 5.75 Å². The van der Waals surface area contributed by atoms with E-state index in [1.54, 1.807) is 37.9 Å². The van der Waals surface area contributed by atoms with E-state index in [9.17, 15) is 4.79 Å². The second kappa shape index (κ2) is 14.7. The third-order valence-electron chi connectivity index (χ3n) is 3.26. The highest BCUT2D eigenvalue weighted by molar-refractivity contribution is 14.0. The lowest BCUT2D eigenvalue weighted by molar-refractivity contribution is -0.127. The zero-order valence-corrected chi connectivity index (χ0v) is 18.8. The molecule has 0 spiro atoms. The number of likely N-dealkylation sites (N-methyl/N-ethyl adjacent to an activating group) is 1. The Morgan fingerprint density at radius 2 is 2.00 bits per heavy atom. The van der Waals surface area contributed by atoms with Gasteiger partial charge in [0.2, 0.25) is 5.91 Å². The number of carbonyl (C=O) groups excluding carboxylic acids is 1. The van der Waals surface area contributed by atoms with Gasteiger partial charge in [-0.05, 0) is 17.7 Å². The molecule has 1 rings (SSSR count). The molecule has 6 nitrogen and oxygen atoms in total. The summed E-state index contributed by atoms with van der Waals surface area (Å²) in [5.41, 5.74) is 1.07. The first-order chi connectivity index (χ1) is 12.1. The number of thioether (sulfide) groups is 1. The summed E-state index contributed by atoms with van der Waals surface area (Å²) in [6.07, 6.45) is 1.89. The largest absolute Gasteiger partial charge is 0.497 e. The number of aliphatic imine (C=N–C) groups is 1. The molecule has 0 fully saturated rings. The lowest BCUT2D eigenvalue weighted by Crippen LogP contribution is -2.43. The summed E-state index contributed by atoms with van der Waals surface area (Å²) in [4.78, 5) is 17.9. The highest BCUT2D eigenvalue weighted by Gasteiger charge is 2.05. The topological polar surface area (TPSA) is 66.0 Å². The summed E-state index contributed by atoms with van der Waals surface area (Å²) >= 11 is 1.79. The lowest BCUT2D eigenvalue weighted by atomic mass is 10.2. The van der Waals surface area contributed by atoms with E-state index in [1.165, 1.54) is 0 Å². The van der Waals surface area contributed by atoms with Crippen molar-refractivity contribution < 1.29 is 9.53 Å². The zero-order chi connectivity index (χ0) is 18.5. The highest BCUT2D eigenvalue weighted by Crippen LogP contribution is 2.11. The van der Waals surface area contributed by atoms with Gasteiger partial charge in [0.25, 0.3) is 0 Å². The molecule has 0 bridgehead atoms. The van der Waals surface area contributed by atoms with E-state index < -0.39 is 0 Å². The fraction of sp³-hybridized carbons (Fsp3) is 0.444. The van der Waals surface area contributed by atoms with Crippen LogP contribution < -0.4 is 15.4 Å². The van der Waals surface area contributed by atoms with Crippen LogP contribution >= 0.6 is 35.7 Å². The number of hydrogen-bond acceptors (Lipinski definition) is 4. The van der Waals surface area contributed by atoms with E-state index in [1.807, 2.05) is 30.3 Å². The van der Waals surface area contributed by atoms with Crippen molar-refractivity contribution in [2.75, 3.05) is 45.8 Å². The van der Waals surface area contributed by atoms with Gasteiger partial charge in [-0.25, -0.2) is 4.99 Å². The molecule has 1 aromatic rings. The average molecular weight is 492 g/mol. The Balaban J connectivity index is 0.00000625. The number of nitrogens with zero attached hydrogens (tertiary/aromatic N) is 2. The van der Waals surface area contributed by atoms with Gasteiger partial charge in [-0.1, -0.05) is 18.2 Å². The molecule has 0 aliphatic heterocycles. The molecule has 0 aliphatic carbocycles. The average Bonchev–Trinajstić information content (AvgIpc) is 2.63. The number of benzene rings is 1. The Hall–Kier alpha value is -1.42. The predicted octanol–water partition coefficient (Wildman–Crippen LogP) is 2.36. The molecular formula is C18H29IN4O2S. The minimum absolute atomic E-state index is 0. The fourth-order valence-electron chi connectivity index (χ4n) is 1.80. The molecule has 0 heterocycles. The Kier molecular flexibility index (Phi) is 13.9.